The summed E-state index contributed by atoms with van der Waals surface area (Å²) in [5, 5.41) is 0. The summed E-state index contributed by atoms with van der Waals surface area (Å²) in [6.07, 6.45) is 2.26. The average Bonchev–Trinajstić information content (AvgIpc) is 2.59. The van der Waals surface area contributed by atoms with Crippen LogP contribution >= 0.6 is 0 Å². The molecule has 128 valence electrons. The maximum atomic E-state index is 12.4. The van der Waals surface area contributed by atoms with Crippen molar-refractivity contribution in [2.45, 2.75) is 19.4 Å². The zero-order valence-electron chi connectivity index (χ0n) is 14.1. The molecule has 1 aliphatic rings. The third kappa shape index (κ3) is 2.76. The molecule has 0 aliphatic carbocycles. The van der Waals surface area contributed by atoms with Crippen molar-refractivity contribution >= 4 is 18.0 Å². The molecule has 0 unspecified atom stereocenters. The minimum absolute atomic E-state index is 0.288. The smallest absolute Gasteiger partial charge is 0.337 e. The molecule has 1 aliphatic heterocycles. The summed E-state index contributed by atoms with van der Waals surface area (Å²) in [6.45, 7) is 3.50. The highest BCUT2D eigenvalue weighted by atomic mass is 16.5. The van der Waals surface area contributed by atoms with Gasteiger partial charge in [-0.3, -0.25) is 14.2 Å². The number of methoxy groups -OCH3 is 1. The number of rotatable bonds is 3. The first kappa shape index (κ1) is 16.7. The molecule has 0 bridgehead atoms. The van der Waals surface area contributed by atoms with Gasteiger partial charge in [-0.15, -0.1) is 0 Å². The Bertz CT molecular complexity index is 952. The van der Waals surface area contributed by atoms with Crippen LogP contribution in [0.4, 0.5) is 0 Å². The Balaban J connectivity index is 2.37. The fourth-order valence-corrected chi connectivity index (χ4v) is 2.88. The van der Waals surface area contributed by atoms with Crippen molar-refractivity contribution in [1.82, 2.24) is 4.57 Å². The lowest BCUT2D eigenvalue weighted by Gasteiger charge is -2.35. The summed E-state index contributed by atoms with van der Waals surface area (Å²) in [6, 6.07) is 9.51. The number of ether oxygens (including phenoxy) is 2. The van der Waals surface area contributed by atoms with Gasteiger partial charge in [0.25, 0.3) is 5.56 Å². The van der Waals surface area contributed by atoms with E-state index in [2.05, 4.69) is 0 Å². The van der Waals surface area contributed by atoms with Gasteiger partial charge in [-0.05, 0) is 38.1 Å². The molecule has 6 heteroatoms. The molecule has 0 spiro atoms. The molecule has 25 heavy (non-hydrogen) atoms. The second-order valence-corrected chi connectivity index (χ2v) is 6.10. The van der Waals surface area contributed by atoms with Crippen molar-refractivity contribution in [3.8, 4) is 5.75 Å². The van der Waals surface area contributed by atoms with Crippen LogP contribution in [0, 0.1) is 0 Å². The quantitative estimate of drug-likeness (QED) is 0.633. The highest BCUT2D eigenvalue weighted by Gasteiger charge is 2.36. The first-order valence-corrected chi connectivity index (χ1v) is 7.69. The minimum atomic E-state index is -0.924. The van der Waals surface area contributed by atoms with Gasteiger partial charge in [0.05, 0.1) is 23.9 Å². The number of hydrogen-bond donors (Lipinski definition) is 0. The zero-order chi connectivity index (χ0) is 18.2. The molecule has 2 aromatic rings. The molecule has 0 N–H and O–H groups in total. The van der Waals surface area contributed by atoms with Crippen LogP contribution in [0.15, 0.2) is 53.0 Å². The molecule has 1 aromatic heterocycles. The monoisotopic (exact) mass is 339 g/mol. The van der Waals surface area contributed by atoms with Gasteiger partial charge in [0.2, 0.25) is 0 Å². The van der Waals surface area contributed by atoms with Crippen molar-refractivity contribution in [3.63, 3.8) is 0 Å². The Morgan fingerprint density at radius 3 is 2.64 bits per heavy atom. The van der Waals surface area contributed by atoms with Crippen LogP contribution in [0.3, 0.4) is 0 Å². The summed E-state index contributed by atoms with van der Waals surface area (Å²) in [7, 11) is 1.29. The van der Waals surface area contributed by atoms with E-state index in [0.29, 0.717) is 34.4 Å². The number of nitrogens with zero attached hydrogens (tertiary/aromatic N) is 1. The van der Waals surface area contributed by atoms with Crippen molar-refractivity contribution in [3.05, 3.63) is 69.6 Å². The van der Waals surface area contributed by atoms with E-state index >= 15 is 0 Å². The molecular formula is C19H17NO5. The minimum Gasteiger partial charge on any atom is -0.482 e. The maximum Gasteiger partial charge on any atom is 0.337 e. The van der Waals surface area contributed by atoms with Gasteiger partial charge in [0.1, 0.15) is 11.4 Å². The van der Waals surface area contributed by atoms with Crippen LogP contribution in [0.2, 0.25) is 0 Å². The summed E-state index contributed by atoms with van der Waals surface area (Å²) in [5.41, 5.74) is 0.289. The predicted molar refractivity (Wildman–Crippen MR) is 91.6 cm³/mol. The van der Waals surface area contributed by atoms with Crippen LogP contribution < -0.4 is 10.3 Å². The highest BCUT2D eigenvalue weighted by Crippen LogP contribution is 2.40. The van der Waals surface area contributed by atoms with Crippen LogP contribution in [0.25, 0.3) is 5.70 Å². The fourth-order valence-electron chi connectivity index (χ4n) is 2.88. The van der Waals surface area contributed by atoms with Gasteiger partial charge in [0.15, 0.2) is 6.29 Å². The largest absolute Gasteiger partial charge is 0.482 e. The number of esters is 1. The lowest BCUT2D eigenvalue weighted by Crippen LogP contribution is -2.38. The Labute approximate surface area is 144 Å². The van der Waals surface area contributed by atoms with E-state index in [1.54, 1.807) is 50.4 Å². The van der Waals surface area contributed by atoms with Gasteiger partial charge in [-0.25, -0.2) is 4.79 Å². The topological polar surface area (TPSA) is 74.6 Å². The van der Waals surface area contributed by atoms with Crippen LogP contribution in [0.1, 0.15) is 29.8 Å². The molecule has 0 saturated heterocycles. The average molecular weight is 339 g/mol. The van der Waals surface area contributed by atoms with Crippen molar-refractivity contribution < 1.29 is 19.1 Å². The standard InChI is InChI=1S/C19H17NO5/c1-19(2)14(11-21)17(20-9-5-4-6-16(20)22)13-10-12(18(23)24-3)7-8-15(13)25-19/h4-11H,1-3H3. The summed E-state index contributed by atoms with van der Waals surface area (Å²) >= 11 is 0. The summed E-state index contributed by atoms with van der Waals surface area (Å²) in [4.78, 5) is 36.0. The first-order valence-electron chi connectivity index (χ1n) is 7.69. The summed E-state index contributed by atoms with van der Waals surface area (Å²) in [5.74, 6) is -0.0333. The SMILES string of the molecule is COC(=O)c1ccc2c(c1)C(n1ccccc1=O)=C(C=O)C(C)(C)O2. The molecule has 0 atom stereocenters. The third-order valence-corrected chi connectivity index (χ3v) is 4.11. The normalized spacial score (nSPS) is 15.2. The van der Waals surface area contributed by atoms with E-state index in [1.165, 1.54) is 17.7 Å². The first-order chi connectivity index (χ1) is 11.9. The number of benzene rings is 1. The van der Waals surface area contributed by atoms with Crippen molar-refractivity contribution in [2.24, 2.45) is 0 Å². The van der Waals surface area contributed by atoms with Crippen molar-refractivity contribution in [2.75, 3.05) is 7.11 Å². The van der Waals surface area contributed by atoms with E-state index in [-0.39, 0.29) is 5.56 Å². The van der Waals surface area contributed by atoms with E-state index in [1.807, 2.05) is 0 Å². The lowest BCUT2D eigenvalue weighted by molar-refractivity contribution is -0.106. The van der Waals surface area contributed by atoms with E-state index in [4.69, 9.17) is 9.47 Å². The highest BCUT2D eigenvalue weighted by molar-refractivity contribution is 5.96. The van der Waals surface area contributed by atoms with Gasteiger partial charge in [0, 0.05) is 17.8 Å². The van der Waals surface area contributed by atoms with Crippen LogP contribution in [-0.4, -0.2) is 29.5 Å². The molecular weight excluding hydrogens is 322 g/mol. The Hall–Kier alpha value is -3.15. The predicted octanol–water partition coefficient (Wildman–Crippen LogP) is 2.26. The van der Waals surface area contributed by atoms with Crippen LogP contribution in [0.5, 0.6) is 5.75 Å². The van der Waals surface area contributed by atoms with E-state index in [0.717, 1.165) is 0 Å². The number of pyridine rings is 1. The number of fused-ring (bicyclic) bond motifs is 1. The molecule has 3 rings (SSSR count). The number of hydrogen-bond acceptors (Lipinski definition) is 5. The second-order valence-electron chi connectivity index (χ2n) is 6.10. The van der Waals surface area contributed by atoms with Gasteiger partial charge < -0.3 is 9.47 Å². The molecule has 0 fully saturated rings. The molecule has 0 amide bonds. The Morgan fingerprint density at radius 1 is 1.24 bits per heavy atom. The Kier molecular flexibility index (Phi) is 4.04. The molecule has 0 saturated carbocycles. The van der Waals surface area contributed by atoms with E-state index in [9.17, 15) is 14.4 Å². The van der Waals surface area contributed by atoms with Gasteiger partial charge >= 0.3 is 5.97 Å². The van der Waals surface area contributed by atoms with Gasteiger partial charge in [-0.1, -0.05) is 6.07 Å². The summed E-state index contributed by atoms with van der Waals surface area (Å²) < 4.78 is 12.1. The van der Waals surface area contributed by atoms with Crippen molar-refractivity contribution in [1.29, 1.82) is 0 Å². The molecule has 1 aromatic carbocycles. The molecule has 2 heterocycles. The molecule has 6 nitrogen and oxygen atoms in total. The molecule has 0 radical (unpaired) electrons. The second kappa shape index (κ2) is 6.05. The van der Waals surface area contributed by atoms with E-state index < -0.39 is 11.6 Å². The third-order valence-electron chi connectivity index (χ3n) is 4.11. The number of aldehydes is 1. The lowest BCUT2D eigenvalue weighted by atomic mass is 9.89. The maximum absolute atomic E-state index is 12.4. The Morgan fingerprint density at radius 2 is 2.00 bits per heavy atom. The number of carbonyl (C=O) groups is 2. The number of aromatic nitrogens is 1. The zero-order valence-corrected chi connectivity index (χ0v) is 14.1. The van der Waals surface area contributed by atoms with Gasteiger partial charge in [-0.2, -0.15) is 0 Å². The fraction of sp³-hybridized carbons (Fsp3) is 0.211. The van der Waals surface area contributed by atoms with Crippen LogP contribution in [-0.2, 0) is 9.53 Å². The number of carbonyl (C=O) groups excluding carboxylic acids is 2.